The number of carbonyl (C=O) groups is 3. The number of ether oxygens (including phenoxy) is 2. The second kappa shape index (κ2) is 10.7. The van der Waals surface area contributed by atoms with Gasteiger partial charge in [-0.15, -0.1) is 13.2 Å². The number of esters is 1. The molecule has 2 unspecified atom stereocenters. The first-order valence-corrected chi connectivity index (χ1v) is 13.3. The second-order valence-electron chi connectivity index (χ2n) is 11.6. The number of likely N-dealkylation sites (tertiary alicyclic amines) is 1. The lowest BCUT2D eigenvalue weighted by Crippen LogP contribution is -2.61. The molecule has 3 aliphatic rings. The van der Waals surface area contributed by atoms with Crippen molar-refractivity contribution in [1.82, 2.24) is 9.80 Å². The molecule has 3 aliphatic heterocycles. The van der Waals surface area contributed by atoms with Gasteiger partial charge in [0.2, 0.25) is 11.8 Å². The van der Waals surface area contributed by atoms with Gasteiger partial charge < -0.3 is 24.4 Å². The Balaban J connectivity index is 2.02. The third-order valence-electron chi connectivity index (χ3n) is 8.21. The second-order valence-corrected chi connectivity index (χ2v) is 11.6. The molecule has 0 aromatic rings. The van der Waals surface area contributed by atoms with Gasteiger partial charge in [0.1, 0.15) is 17.6 Å². The lowest BCUT2D eigenvalue weighted by atomic mass is 9.66. The van der Waals surface area contributed by atoms with Crippen molar-refractivity contribution in [2.24, 2.45) is 11.8 Å². The summed E-state index contributed by atoms with van der Waals surface area (Å²) < 4.78 is 12.3. The fraction of sp³-hybridized carbons (Fsp3) is 0.750. The number of aliphatic hydroxyl groups is 1. The molecule has 3 fully saturated rings. The van der Waals surface area contributed by atoms with E-state index in [9.17, 15) is 19.5 Å². The van der Waals surface area contributed by atoms with Gasteiger partial charge in [-0.25, -0.2) is 0 Å². The fourth-order valence-corrected chi connectivity index (χ4v) is 6.43. The van der Waals surface area contributed by atoms with Crippen molar-refractivity contribution in [2.75, 3.05) is 19.8 Å². The Kier molecular flexibility index (Phi) is 8.40. The number of unbranched alkanes of at least 4 members (excludes halogenated alkanes) is 2. The summed E-state index contributed by atoms with van der Waals surface area (Å²) in [5.74, 6) is -2.61. The van der Waals surface area contributed by atoms with Crippen LogP contribution in [0.15, 0.2) is 25.3 Å². The lowest BCUT2D eigenvalue weighted by molar-refractivity contribution is -0.163. The molecule has 3 heterocycles. The van der Waals surface area contributed by atoms with Crippen LogP contribution >= 0.6 is 0 Å². The average molecular weight is 505 g/mol. The summed E-state index contributed by atoms with van der Waals surface area (Å²) in [4.78, 5) is 44.9. The first-order valence-electron chi connectivity index (χ1n) is 13.3. The molecule has 36 heavy (non-hydrogen) atoms. The first-order chi connectivity index (χ1) is 16.9. The summed E-state index contributed by atoms with van der Waals surface area (Å²) >= 11 is 0. The van der Waals surface area contributed by atoms with Gasteiger partial charge in [-0.05, 0) is 66.2 Å². The van der Waals surface area contributed by atoms with E-state index in [1.54, 1.807) is 11.0 Å². The van der Waals surface area contributed by atoms with E-state index in [2.05, 4.69) is 13.2 Å². The molecule has 0 aromatic heterocycles. The summed E-state index contributed by atoms with van der Waals surface area (Å²) in [6, 6.07) is -1.48. The van der Waals surface area contributed by atoms with Crippen molar-refractivity contribution in [1.29, 1.82) is 0 Å². The Morgan fingerprint density at radius 2 is 1.97 bits per heavy atom. The number of hydrogen-bond acceptors (Lipinski definition) is 6. The van der Waals surface area contributed by atoms with E-state index < -0.39 is 46.6 Å². The Morgan fingerprint density at radius 1 is 1.28 bits per heavy atom. The molecule has 1 spiro atoms. The molecule has 3 rings (SSSR count). The third-order valence-corrected chi connectivity index (χ3v) is 8.21. The molecule has 0 aliphatic carbocycles. The van der Waals surface area contributed by atoms with Gasteiger partial charge in [0.25, 0.3) is 0 Å². The number of amides is 2. The van der Waals surface area contributed by atoms with Crippen LogP contribution in [0.4, 0.5) is 0 Å². The standard InChI is InChI=1S/C28H44N2O6/c1-8-11-12-13-17-35-25(34)21-20-23(32)30(19(10-3)18-31)22(28(20)15-14-27(21,7)36-28)24(33)29(16-9-2)26(4,5)6/h8-9,19-22,31H,1-2,10-18H2,3-7H3/t19-,20-,21-,22?,27+,28?/m0/s1. The Bertz CT molecular complexity index is 878. The molecule has 202 valence electrons. The predicted octanol–water partition coefficient (Wildman–Crippen LogP) is 3.23. The number of fused-ring (bicyclic) bond motifs is 1. The number of allylic oxidation sites excluding steroid dienone is 1. The topological polar surface area (TPSA) is 96.4 Å². The van der Waals surface area contributed by atoms with E-state index in [1.807, 2.05) is 40.7 Å². The van der Waals surface area contributed by atoms with Crippen LogP contribution in [0.25, 0.3) is 0 Å². The molecule has 1 N–H and O–H groups in total. The van der Waals surface area contributed by atoms with E-state index in [0.29, 0.717) is 32.2 Å². The molecule has 2 amide bonds. The van der Waals surface area contributed by atoms with Crippen LogP contribution in [0.5, 0.6) is 0 Å². The molecular weight excluding hydrogens is 460 g/mol. The maximum Gasteiger partial charge on any atom is 0.312 e. The summed E-state index contributed by atoms with van der Waals surface area (Å²) in [6.45, 7) is 17.4. The van der Waals surface area contributed by atoms with Crippen LogP contribution < -0.4 is 0 Å². The molecule has 0 radical (unpaired) electrons. The van der Waals surface area contributed by atoms with Crippen molar-refractivity contribution in [3.8, 4) is 0 Å². The highest BCUT2D eigenvalue weighted by atomic mass is 16.6. The molecule has 3 saturated heterocycles. The zero-order valence-electron chi connectivity index (χ0n) is 22.6. The highest BCUT2D eigenvalue weighted by molar-refractivity contribution is 5.99. The van der Waals surface area contributed by atoms with E-state index in [0.717, 1.165) is 12.8 Å². The Hall–Kier alpha value is -2.19. The number of nitrogens with zero attached hydrogens (tertiary/aromatic N) is 2. The normalized spacial score (nSPS) is 31.8. The van der Waals surface area contributed by atoms with Crippen LogP contribution in [-0.2, 0) is 23.9 Å². The summed E-state index contributed by atoms with van der Waals surface area (Å²) in [5.41, 5.74) is -2.54. The minimum atomic E-state index is -1.14. The number of rotatable bonds is 12. The minimum Gasteiger partial charge on any atom is -0.465 e. The van der Waals surface area contributed by atoms with E-state index in [4.69, 9.17) is 9.47 Å². The third kappa shape index (κ3) is 4.62. The van der Waals surface area contributed by atoms with Crippen molar-refractivity contribution in [3.05, 3.63) is 25.3 Å². The molecule has 8 nitrogen and oxygen atoms in total. The molecular formula is C28H44N2O6. The van der Waals surface area contributed by atoms with Gasteiger partial charge in [-0.1, -0.05) is 19.1 Å². The molecule has 8 heteroatoms. The first kappa shape index (κ1) is 28.4. The van der Waals surface area contributed by atoms with Gasteiger partial charge in [0.05, 0.1) is 30.8 Å². The van der Waals surface area contributed by atoms with Gasteiger partial charge >= 0.3 is 5.97 Å². The van der Waals surface area contributed by atoms with Crippen molar-refractivity contribution in [3.63, 3.8) is 0 Å². The van der Waals surface area contributed by atoms with Crippen LogP contribution in [0, 0.1) is 11.8 Å². The van der Waals surface area contributed by atoms with Gasteiger partial charge in [-0.3, -0.25) is 14.4 Å². The highest BCUT2D eigenvalue weighted by Crippen LogP contribution is 2.63. The Labute approximate surface area is 215 Å². The summed E-state index contributed by atoms with van der Waals surface area (Å²) in [6.07, 6.45) is 7.44. The van der Waals surface area contributed by atoms with Crippen molar-refractivity contribution >= 4 is 17.8 Å². The average Bonchev–Trinajstić information content (AvgIpc) is 3.38. The predicted molar refractivity (Wildman–Crippen MR) is 137 cm³/mol. The van der Waals surface area contributed by atoms with E-state index >= 15 is 0 Å². The quantitative estimate of drug-likeness (QED) is 0.249. The molecule has 6 atom stereocenters. The summed E-state index contributed by atoms with van der Waals surface area (Å²) in [5, 5.41) is 10.2. The summed E-state index contributed by atoms with van der Waals surface area (Å²) in [7, 11) is 0. The monoisotopic (exact) mass is 504 g/mol. The smallest absolute Gasteiger partial charge is 0.312 e. The van der Waals surface area contributed by atoms with Gasteiger partial charge in [-0.2, -0.15) is 0 Å². The van der Waals surface area contributed by atoms with Crippen molar-refractivity contribution in [2.45, 2.75) is 102 Å². The highest BCUT2D eigenvalue weighted by Gasteiger charge is 2.79. The van der Waals surface area contributed by atoms with Crippen LogP contribution in [0.3, 0.4) is 0 Å². The Morgan fingerprint density at radius 3 is 2.53 bits per heavy atom. The maximum absolute atomic E-state index is 14.3. The number of hydrogen-bond donors (Lipinski definition) is 1. The zero-order valence-corrected chi connectivity index (χ0v) is 22.6. The molecule has 0 saturated carbocycles. The SMILES string of the molecule is C=CCCCCOC(=O)[C@@H]1[C@H]2C(=O)N([C@@H](CC)CO)C(C(=O)N(CC=C)C(C)(C)C)C23CC[C@@]1(C)O3. The minimum absolute atomic E-state index is 0.243. The zero-order chi connectivity index (χ0) is 26.9. The molecule has 0 aromatic carbocycles. The van der Waals surface area contributed by atoms with E-state index in [-0.39, 0.29) is 25.0 Å². The van der Waals surface area contributed by atoms with Crippen LogP contribution in [-0.4, -0.2) is 81.3 Å². The molecule has 2 bridgehead atoms. The number of aliphatic hydroxyl groups excluding tert-OH is 1. The van der Waals surface area contributed by atoms with Crippen molar-refractivity contribution < 1.29 is 29.0 Å². The fourth-order valence-electron chi connectivity index (χ4n) is 6.43. The van der Waals surface area contributed by atoms with Crippen LogP contribution in [0.1, 0.15) is 73.1 Å². The van der Waals surface area contributed by atoms with Crippen LogP contribution in [0.2, 0.25) is 0 Å². The maximum atomic E-state index is 14.3. The van der Waals surface area contributed by atoms with E-state index in [1.165, 1.54) is 4.90 Å². The van der Waals surface area contributed by atoms with Gasteiger partial charge in [0, 0.05) is 12.1 Å². The number of carbonyl (C=O) groups excluding carboxylic acids is 3. The largest absolute Gasteiger partial charge is 0.465 e. The van der Waals surface area contributed by atoms with Gasteiger partial charge in [0.15, 0.2) is 0 Å². The lowest BCUT2D eigenvalue weighted by Gasteiger charge is -2.43.